The molecule has 0 aromatic heterocycles. The quantitative estimate of drug-likeness (QED) is 0.699. The molecule has 2 unspecified atom stereocenters. The molecule has 0 N–H and O–H groups in total. The van der Waals surface area contributed by atoms with E-state index in [1.54, 1.807) is 7.11 Å². The average Bonchev–Trinajstić information content (AvgIpc) is 2.97. The summed E-state index contributed by atoms with van der Waals surface area (Å²) in [6.45, 7) is 2.40. The van der Waals surface area contributed by atoms with Crippen LogP contribution in [0.15, 0.2) is 11.6 Å². The van der Waals surface area contributed by atoms with Crippen molar-refractivity contribution in [2.24, 2.45) is 17.8 Å². The van der Waals surface area contributed by atoms with Crippen LogP contribution in [-0.4, -0.2) is 37.6 Å². The van der Waals surface area contributed by atoms with E-state index in [1.807, 2.05) is 4.90 Å². The highest BCUT2D eigenvalue weighted by molar-refractivity contribution is 5.79. The number of carbonyl (C=O) groups excluding carboxylic acids is 1. The Hall–Kier alpha value is -0.830. The Balaban J connectivity index is 1.53. The van der Waals surface area contributed by atoms with Crippen molar-refractivity contribution < 1.29 is 9.53 Å². The molecule has 3 rings (SSSR count). The van der Waals surface area contributed by atoms with Gasteiger partial charge < -0.3 is 9.64 Å². The van der Waals surface area contributed by atoms with E-state index in [0.29, 0.717) is 11.8 Å². The van der Waals surface area contributed by atoms with Gasteiger partial charge >= 0.3 is 0 Å². The zero-order valence-corrected chi connectivity index (χ0v) is 10.5. The average molecular weight is 235 g/mol. The van der Waals surface area contributed by atoms with Gasteiger partial charge in [0.1, 0.15) is 0 Å². The smallest absolute Gasteiger partial charge is 0.225 e. The molecule has 0 spiro atoms. The Bertz CT molecular complexity index is 340. The third kappa shape index (κ3) is 2.25. The molecule has 1 aliphatic heterocycles. The first-order valence-corrected chi connectivity index (χ1v) is 6.73. The van der Waals surface area contributed by atoms with Crippen molar-refractivity contribution in [2.75, 3.05) is 26.8 Å². The summed E-state index contributed by atoms with van der Waals surface area (Å²) in [5.74, 6) is 2.54. The minimum atomic E-state index is 0.344. The maximum Gasteiger partial charge on any atom is 0.225 e. The van der Waals surface area contributed by atoms with Crippen LogP contribution in [0.5, 0.6) is 0 Å². The Labute approximate surface area is 103 Å². The summed E-state index contributed by atoms with van der Waals surface area (Å²) in [4.78, 5) is 14.3. The molecular formula is C14H21NO2. The number of hydrogen-bond acceptors (Lipinski definition) is 2. The fourth-order valence-electron chi connectivity index (χ4n) is 3.40. The minimum absolute atomic E-state index is 0.344. The first-order chi connectivity index (χ1) is 8.28. The zero-order chi connectivity index (χ0) is 11.8. The summed E-state index contributed by atoms with van der Waals surface area (Å²) in [7, 11) is 1.73. The van der Waals surface area contributed by atoms with Gasteiger partial charge in [-0.1, -0.05) is 6.08 Å². The molecule has 2 saturated carbocycles. The summed E-state index contributed by atoms with van der Waals surface area (Å²) in [6, 6.07) is 0. The lowest BCUT2D eigenvalue weighted by molar-refractivity contribution is -0.135. The second kappa shape index (κ2) is 4.45. The molecule has 0 aromatic carbocycles. The van der Waals surface area contributed by atoms with Gasteiger partial charge in [-0.25, -0.2) is 0 Å². The number of fused-ring (bicyclic) bond motifs is 1. The number of rotatable bonds is 3. The Morgan fingerprint density at radius 2 is 2.18 bits per heavy atom. The molecule has 0 aromatic rings. The lowest BCUT2D eigenvalue weighted by Gasteiger charge is -2.29. The van der Waals surface area contributed by atoms with Crippen LogP contribution in [0.2, 0.25) is 0 Å². The fraction of sp³-hybridized carbons (Fsp3) is 0.786. The highest BCUT2D eigenvalue weighted by Gasteiger charge is 2.48. The summed E-state index contributed by atoms with van der Waals surface area (Å²) < 4.78 is 5.12. The molecule has 1 heterocycles. The predicted molar refractivity (Wildman–Crippen MR) is 65.5 cm³/mol. The second-order valence-electron chi connectivity index (χ2n) is 5.75. The van der Waals surface area contributed by atoms with Crippen molar-refractivity contribution in [2.45, 2.75) is 25.7 Å². The van der Waals surface area contributed by atoms with Gasteiger partial charge in [-0.2, -0.15) is 0 Å². The van der Waals surface area contributed by atoms with Gasteiger partial charge in [0, 0.05) is 26.1 Å². The Morgan fingerprint density at radius 1 is 1.41 bits per heavy atom. The molecule has 3 aliphatic rings. The van der Waals surface area contributed by atoms with E-state index in [9.17, 15) is 4.79 Å². The van der Waals surface area contributed by atoms with Gasteiger partial charge in [0.15, 0.2) is 0 Å². The molecule has 3 nitrogen and oxygen atoms in total. The maximum absolute atomic E-state index is 12.3. The molecule has 0 bridgehead atoms. The molecule has 1 amide bonds. The number of methoxy groups -OCH3 is 1. The lowest BCUT2D eigenvalue weighted by Crippen LogP contribution is -2.39. The summed E-state index contributed by atoms with van der Waals surface area (Å²) >= 11 is 0. The Kier molecular flexibility index (Phi) is 2.95. The van der Waals surface area contributed by atoms with Crippen LogP contribution in [0.1, 0.15) is 25.7 Å². The van der Waals surface area contributed by atoms with E-state index in [0.717, 1.165) is 50.8 Å². The van der Waals surface area contributed by atoms with Crippen LogP contribution in [0, 0.1) is 17.8 Å². The van der Waals surface area contributed by atoms with Gasteiger partial charge in [0.05, 0.1) is 6.61 Å². The van der Waals surface area contributed by atoms with Gasteiger partial charge in [-0.05, 0) is 43.1 Å². The standard InChI is InChI=1S/C14H21NO2/c1-17-9-10-2-4-15(5-3-10)14(16)13-7-11-6-12(11)8-13/h2,11-13H,3-9H2,1H3. The summed E-state index contributed by atoms with van der Waals surface area (Å²) in [5, 5.41) is 0. The van der Waals surface area contributed by atoms with Gasteiger partial charge in [0.2, 0.25) is 5.91 Å². The largest absolute Gasteiger partial charge is 0.380 e. The van der Waals surface area contributed by atoms with Crippen LogP contribution in [0.4, 0.5) is 0 Å². The van der Waals surface area contributed by atoms with Gasteiger partial charge in [0.25, 0.3) is 0 Å². The van der Waals surface area contributed by atoms with E-state index in [1.165, 1.54) is 12.0 Å². The molecule has 2 fully saturated rings. The lowest BCUT2D eigenvalue weighted by atomic mass is 10.00. The van der Waals surface area contributed by atoms with Crippen molar-refractivity contribution in [3.63, 3.8) is 0 Å². The topological polar surface area (TPSA) is 29.5 Å². The van der Waals surface area contributed by atoms with Crippen molar-refractivity contribution >= 4 is 5.91 Å². The predicted octanol–water partition coefficient (Wildman–Crippen LogP) is 1.84. The van der Waals surface area contributed by atoms with Crippen molar-refractivity contribution in [1.82, 2.24) is 4.90 Å². The first-order valence-electron chi connectivity index (χ1n) is 6.73. The van der Waals surface area contributed by atoms with Crippen LogP contribution in [-0.2, 0) is 9.53 Å². The van der Waals surface area contributed by atoms with E-state index >= 15 is 0 Å². The molecular weight excluding hydrogens is 214 g/mol. The first kappa shape index (κ1) is 11.3. The van der Waals surface area contributed by atoms with Crippen LogP contribution >= 0.6 is 0 Å². The Morgan fingerprint density at radius 3 is 2.76 bits per heavy atom. The number of amides is 1. The zero-order valence-electron chi connectivity index (χ0n) is 10.5. The molecule has 17 heavy (non-hydrogen) atoms. The fourth-order valence-corrected chi connectivity index (χ4v) is 3.40. The molecule has 2 aliphatic carbocycles. The molecule has 2 atom stereocenters. The number of carbonyl (C=O) groups is 1. The minimum Gasteiger partial charge on any atom is -0.380 e. The SMILES string of the molecule is COCC1=CCN(C(=O)C2CC3CC3C2)CC1. The number of hydrogen-bond donors (Lipinski definition) is 0. The molecule has 3 heteroatoms. The summed E-state index contributed by atoms with van der Waals surface area (Å²) in [6.07, 6.45) is 6.87. The van der Waals surface area contributed by atoms with Crippen LogP contribution in [0.3, 0.4) is 0 Å². The van der Waals surface area contributed by atoms with Crippen molar-refractivity contribution in [3.05, 3.63) is 11.6 Å². The molecule has 0 radical (unpaired) electrons. The van der Waals surface area contributed by atoms with Gasteiger partial charge in [-0.3, -0.25) is 4.79 Å². The van der Waals surface area contributed by atoms with E-state index < -0.39 is 0 Å². The van der Waals surface area contributed by atoms with E-state index in [2.05, 4.69) is 6.08 Å². The third-order valence-electron chi connectivity index (χ3n) is 4.54. The van der Waals surface area contributed by atoms with Crippen molar-refractivity contribution in [1.29, 1.82) is 0 Å². The van der Waals surface area contributed by atoms with Gasteiger partial charge in [-0.15, -0.1) is 0 Å². The van der Waals surface area contributed by atoms with Crippen LogP contribution in [0.25, 0.3) is 0 Å². The number of ether oxygens (including phenoxy) is 1. The third-order valence-corrected chi connectivity index (χ3v) is 4.54. The highest BCUT2D eigenvalue weighted by Crippen LogP contribution is 2.54. The maximum atomic E-state index is 12.3. The molecule has 94 valence electrons. The van der Waals surface area contributed by atoms with Crippen LogP contribution < -0.4 is 0 Å². The van der Waals surface area contributed by atoms with E-state index in [-0.39, 0.29) is 0 Å². The van der Waals surface area contributed by atoms with E-state index in [4.69, 9.17) is 4.74 Å². The summed E-state index contributed by atoms with van der Waals surface area (Å²) in [5.41, 5.74) is 1.34. The van der Waals surface area contributed by atoms with Crippen molar-refractivity contribution in [3.8, 4) is 0 Å². The monoisotopic (exact) mass is 235 g/mol. The normalized spacial score (nSPS) is 35.5. The highest BCUT2D eigenvalue weighted by atomic mass is 16.5. The second-order valence-corrected chi connectivity index (χ2v) is 5.75. The molecule has 0 saturated heterocycles. The number of nitrogens with zero attached hydrogens (tertiary/aromatic N) is 1.